The highest BCUT2D eigenvalue weighted by atomic mass is 16.5. The second-order valence-corrected chi connectivity index (χ2v) is 5.74. The summed E-state index contributed by atoms with van der Waals surface area (Å²) in [7, 11) is 1.72. The van der Waals surface area contributed by atoms with Crippen LogP contribution < -0.4 is 4.74 Å². The number of methoxy groups -OCH3 is 1. The van der Waals surface area contributed by atoms with Gasteiger partial charge in [0.2, 0.25) is 0 Å². The lowest BCUT2D eigenvalue weighted by Gasteiger charge is -2.19. The minimum atomic E-state index is 0.303. The summed E-state index contributed by atoms with van der Waals surface area (Å²) in [5.74, 6) is 0.929. The average Bonchev–Trinajstić information content (AvgIpc) is 2.27. The Morgan fingerprint density at radius 3 is 2.47 bits per heavy atom. The maximum absolute atomic E-state index is 5.31. The van der Waals surface area contributed by atoms with Crippen LogP contribution in [0.1, 0.15) is 26.3 Å². The van der Waals surface area contributed by atoms with Crippen molar-refractivity contribution in [2.24, 2.45) is 5.41 Å². The molecule has 17 heavy (non-hydrogen) atoms. The third-order valence-corrected chi connectivity index (χ3v) is 2.90. The van der Waals surface area contributed by atoms with E-state index < -0.39 is 0 Å². The van der Waals surface area contributed by atoms with E-state index in [1.165, 1.54) is 16.3 Å². The molecule has 0 bridgehead atoms. The molecular formula is C16H20O. The predicted octanol–water partition coefficient (Wildman–Crippen LogP) is 4.44. The smallest absolute Gasteiger partial charge is 0.119 e. The highest BCUT2D eigenvalue weighted by molar-refractivity contribution is 5.87. The van der Waals surface area contributed by atoms with Crippen molar-refractivity contribution in [3.63, 3.8) is 0 Å². The standard InChI is InChI=1S/C16H20O/c1-16(2,3)11-13-7-5-6-12-8-9-14(17-4)10-15(12)13/h5-10H,11H2,1-4H3. The van der Waals surface area contributed by atoms with Gasteiger partial charge in [-0.2, -0.15) is 0 Å². The van der Waals surface area contributed by atoms with Crippen molar-refractivity contribution in [1.82, 2.24) is 0 Å². The molecule has 0 aliphatic carbocycles. The van der Waals surface area contributed by atoms with Crippen molar-refractivity contribution in [3.8, 4) is 5.75 Å². The second kappa shape index (κ2) is 4.40. The van der Waals surface area contributed by atoms with Crippen molar-refractivity contribution in [1.29, 1.82) is 0 Å². The predicted molar refractivity (Wildman–Crippen MR) is 73.7 cm³/mol. The lowest BCUT2D eigenvalue weighted by Crippen LogP contribution is -2.09. The van der Waals surface area contributed by atoms with Crippen LogP contribution in [0.5, 0.6) is 5.75 Å². The zero-order chi connectivity index (χ0) is 12.5. The molecule has 2 aromatic carbocycles. The van der Waals surface area contributed by atoms with Crippen LogP contribution in [0.15, 0.2) is 36.4 Å². The van der Waals surface area contributed by atoms with E-state index in [1.807, 2.05) is 6.07 Å². The Balaban J connectivity index is 2.54. The van der Waals surface area contributed by atoms with Gasteiger partial charge in [0.1, 0.15) is 5.75 Å². The maximum Gasteiger partial charge on any atom is 0.119 e. The molecule has 0 unspecified atom stereocenters. The number of hydrogen-bond acceptors (Lipinski definition) is 1. The molecule has 90 valence electrons. The Morgan fingerprint density at radius 2 is 1.82 bits per heavy atom. The first-order valence-corrected chi connectivity index (χ1v) is 6.05. The molecule has 0 saturated heterocycles. The fraction of sp³-hybridized carbons (Fsp3) is 0.375. The van der Waals surface area contributed by atoms with Gasteiger partial charge in [-0.15, -0.1) is 0 Å². The summed E-state index contributed by atoms with van der Waals surface area (Å²) in [6.07, 6.45) is 1.08. The van der Waals surface area contributed by atoms with E-state index in [1.54, 1.807) is 7.11 Å². The summed E-state index contributed by atoms with van der Waals surface area (Å²) < 4.78 is 5.31. The van der Waals surface area contributed by atoms with Gasteiger partial charge in [0, 0.05) is 0 Å². The third-order valence-electron chi connectivity index (χ3n) is 2.90. The Kier molecular flexibility index (Phi) is 3.10. The summed E-state index contributed by atoms with van der Waals surface area (Å²) in [6, 6.07) is 12.8. The SMILES string of the molecule is COc1ccc2cccc(CC(C)(C)C)c2c1. The first kappa shape index (κ1) is 12.0. The van der Waals surface area contributed by atoms with Crippen LogP contribution in [0, 0.1) is 5.41 Å². The van der Waals surface area contributed by atoms with E-state index in [2.05, 4.69) is 51.1 Å². The quantitative estimate of drug-likeness (QED) is 0.738. The second-order valence-electron chi connectivity index (χ2n) is 5.74. The van der Waals surface area contributed by atoms with Crippen LogP contribution in [-0.4, -0.2) is 7.11 Å². The molecule has 0 spiro atoms. The Labute approximate surface area is 103 Å². The Hall–Kier alpha value is -1.50. The molecule has 0 amide bonds. The van der Waals surface area contributed by atoms with Crippen molar-refractivity contribution in [2.45, 2.75) is 27.2 Å². The van der Waals surface area contributed by atoms with Crippen molar-refractivity contribution in [2.75, 3.05) is 7.11 Å². The monoisotopic (exact) mass is 228 g/mol. The van der Waals surface area contributed by atoms with Crippen LogP contribution in [0.2, 0.25) is 0 Å². The lowest BCUT2D eigenvalue weighted by atomic mass is 9.86. The molecular weight excluding hydrogens is 208 g/mol. The highest BCUT2D eigenvalue weighted by Gasteiger charge is 2.13. The fourth-order valence-corrected chi connectivity index (χ4v) is 2.17. The topological polar surface area (TPSA) is 9.23 Å². The summed E-state index contributed by atoms with van der Waals surface area (Å²) in [5, 5.41) is 2.59. The molecule has 0 N–H and O–H groups in total. The van der Waals surface area contributed by atoms with Crippen molar-refractivity contribution < 1.29 is 4.74 Å². The Morgan fingerprint density at radius 1 is 1.06 bits per heavy atom. The van der Waals surface area contributed by atoms with Gasteiger partial charge in [0.15, 0.2) is 0 Å². The van der Waals surface area contributed by atoms with Crippen LogP contribution in [0.4, 0.5) is 0 Å². The largest absolute Gasteiger partial charge is 0.497 e. The molecule has 0 aliphatic heterocycles. The molecule has 2 rings (SSSR count). The molecule has 1 nitrogen and oxygen atoms in total. The molecule has 2 aromatic rings. The minimum Gasteiger partial charge on any atom is -0.497 e. The van der Waals surface area contributed by atoms with Gasteiger partial charge in [-0.3, -0.25) is 0 Å². The highest BCUT2D eigenvalue weighted by Crippen LogP contribution is 2.29. The molecule has 0 atom stereocenters. The van der Waals surface area contributed by atoms with Crippen LogP contribution in [-0.2, 0) is 6.42 Å². The number of rotatable bonds is 2. The van der Waals surface area contributed by atoms with Crippen LogP contribution >= 0.6 is 0 Å². The molecule has 0 aliphatic rings. The van der Waals surface area contributed by atoms with Crippen LogP contribution in [0.3, 0.4) is 0 Å². The van der Waals surface area contributed by atoms with Gasteiger partial charge in [0.05, 0.1) is 7.11 Å². The van der Waals surface area contributed by atoms with Gasteiger partial charge in [-0.1, -0.05) is 45.0 Å². The van der Waals surface area contributed by atoms with Crippen molar-refractivity contribution in [3.05, 3.63) is 42.0 Å². The van der Waals surface area contributed by atoms with Crippen LogP contribution in [0.25, 0.3) is 10.8 Å². The molecule has 0 radical (unpaired) electrons. The number of fused-ring (bicyclic) bond motifs is 1. The van der Waals surface area contributed by atoms with Crippen molar-refractivity contribution >= 4 is 10.8 Å². The summed E-state index contributed by atoms with van der Waals surface area (Å²) in [4.78, 5) is 0. The Bertz CT molecular complexity index is 521. The van der Waals surface area contributed by atoms with Gasteiger partial charge >= 0.3 is 0 Å². The van der Waals surface area contributed by atoms with E-state index >= 15 is 0 Å². The summed E-state index contributed by atoms with van der Waals surface area (Å²) in [6.45, 7) is 6.81. The molecule has 0 heterocycles. The normalized spacial score (nSPS) is 11.8. The average molecular weight is 228 g/mol. The number of ether oxygens (including phenoxy) is 1. The van der Waals surface area contributed by atoms with Gasteiger partial charge in [-0.25, -0.2) is 0 Å². The number of hydrogen-bond donors (Lipinski definition) is 0. The summed E-state index contributed by atoms with van der Waals surface area (Å²) in [5.41, 5.74) is 1.70. The molecule has 0 fully saturated rings. The minimum absolute atomic E-state index is 0.303. The fourth-order valence-electron chi connectivity index (χ4n) is 2.17. The van der Waals surface area contributed by atoms with Gasteiger partial charge in [0.25, 0.3) is 0 Å². The van der Waals surface area contributed by atoms with Gasteiger partial charge < -0.3 is 4.74 Å². The van der Waals surface area contributed by atoms with E-state index in [0.29, 0.717) is 5.41 Å². The van der Waals surface area contributed by atoms with E-state index in [9.17, 15) is 0 Å². The zero-order valence-electron chi connectivity index (χ0n) is 11.1. The first-order chi connectivity index (χ1) is 7.99. The molecule has 0 aromatic heterocycles. The molecule has 0 saturated carbocycles. The van der Waals surface area contributed by atoms with Gasteiger partial charge in [-0.05, 0) is 40.3 Å². The lowest BCUT2D eigenvalue weighted by molar-refractivity contribution is 0.411. The molecule has 1 heteroatoms. The zero-order valence-corrected chi connectivity index (χ0v) is 11.1. The maximum atomic E-state index is 5.31. The summed E-state index contributed by atoms with van der Waals surface area (Å²) >= 11 is 0. The number of benzene rings is 2. The third kappa shape index (κ3) is 2.79. The van der Waals surface area contributed by atoms with E-state index in [-0.39, 0.29) is 0 Å². The van der Waals surface area contributed by atoms with E-state index in [0.717, 1.165) is 12.2 Å². The first-order valence-electron chi connectivity index (χ1n) is 6.05. The van der Waals surface area contributed by atoms with E-state index in [4.69, 9.17) is 4.74 Å².